The molecule has 1 atom stereocenters. The van der Waals surface area contributed by atoms with Crippen LogP contribution in [0.5, 0.6) is 0 Å². The summed E-state index contributed by atoms with van der Waals surface area (Å²) in [4.78, 5) is 38.3. The van der Waals surface area contributed by atoms with E-state index in [4.69, 9.17) is 9.47 Å². The molecule has 0 saturated carbocycles. The maximum Gasteiger partial charge on any atom is 0.320 e. The van der Waals surface area contributed by atoms with Crippen molar-refractivity contribution in [1.29, 1.82) is 0 Å². The van der Waals surface area contributed by atoms with Crippen LogP contribution < -0.4 is 0 Å². The van der Waals surface area contributed by atoms with Crippen LogP contribution in [-0.2, 0) is 19.1 Å². The molecule has 5 nitrogen and oxygen atoms in total. The minimum absolute atomic E-state index is 0.0207. The van der Waals surface area contributed by atoms with Crippen molar-refractivity contribution in [2.24, 2.45) is 5.92 Å². The van der Waals surface area contributed by atoms with Crippen LogP contribution in [0.25, 0.3) is 0 Å². The molecule has 0 bridgehead atoms. The van der Waals surface area contributed by atoms with Gasteiger partial charge in [0.2, 0.25) is 0 Å². The Balaban J connectivity index is 2.39. The molecule has 0 aliphatic carbocycles. The molecule has 0 saturated heterocycles. The Morgan fingerprint density at radius 1 is 0.923 bits per heavy atom. The third-order valence-corrected chi connectivity index (χ3v) is 4.82. The van der Waals surface area contributed by atoms with Gasteiger partial charge in [-0.3, -0.25) is 14.4 Å². The first-order chi connectivity index (χ1) is 12.6. The molecular formula is C20H22O5S. The van der Waals surface area contributed by atoms with Crippen LogP contribution in [-0.4, -0.2) is 30.9 Å². The smallest absolute Gasteiger partial charge is 0.320 e. The number of carbonyl (C=O) groups excluding carboxylic acids is 3. The van der Waals surface area contributed by atoms with Crippen molar-refractivity contribution >= 4 is 29.1 Å². The average Bonchev–Trinajstić information content (AvgIpc) is 3.17. The van der Waals surface area contributed by atoms with Gasteiger partial charge in [0.05, 0.1) is 18.1 Å². The first-order valence-electron chi connectivity index (χ1n) is 8.53. The molecule has 1 aromatic heterocycles. The van der Waals surface area contributed by atoms with E-state index >= 15 is 0 Å². The highest BCUT2D eigenvalue weighted by atomic mass is 32.1. The molecule has 1 unspecified atom stereocenters. The van der Waals surface area contributed by atoms with Crippen LogP contribution >= 0.6 is 11.3 Å². The van der Waals surface area contributed by atoms with Gasteiger partial charge < -0.3 is 9.47 Å². The van der Waals surface area contributed by atoms with Crippen molar-refractivity contribution in [3.8, 4) is 0 Å². The second-order valence-corrected chi connectivity index (χ2v) is 6.55. The van der Waals surface area contributed by atoms with Crippen molar-refractivity contribution in [3.05, 3.63) is 58.3 Å². The highest BCUT2D eigenvalue weighted by molar-refractivity contribution is 7.12. The van der Waals surface area contributed by atoms with E-state index in [9.17, 15) is 14.4 Å². The fourth-order valence-corrected chi connectivity index (χ4v) is 3.43. The first-order valence-corrected chi connectivity index (χ1v) is 9.41. The quantitative estimate of drug-likeness (QED) is 0.379. The highest BCUT2D eigenvalue weighted by Crippen LogP contribution is 2.32. The third-order valence-electron chi connectivity index (χ3n) is 3.91. The fraction of sp³-hybridized carbons (Fsp3) is 0.350. The number of benzene rings is 1. The number of hydrogen-bond donors (Lipinski definition) is 0. The lowest BCUT2D eigenvalue weighted by molar-refractivity contribution is -0.162. The lowest BCUT2D eigenvalue weighted by Gasteiger charge is -2.24. The van der Waals surface area contributed by atoms with Gasteiger partial charge in [-0.25, -0.2) is 0 Å². The summed E-state index contributed by atoms with van der Waals surface area (Å²) in [7, 11) is 0. The zero-order valence-corrected chi connectivity index (χ0v) is 15.7. The van der Waals surface area contributed by atoms with E-state index in [1.165, 1.54) is 11.3 Å². The Hall–Kier alpha value is -2.47. The molecule has 0 aliphatic heterocycles. The maximum absolute atomic E-state index is 12.7. The van der Waals surface area contributed by atoms with Crippen LogP contribution in [0, 0.1) is 5.92 Å². The highest BCUT2D eigenvalue weighted by Gasteiger charge is 2.39. The topological polar surface area (TPSA) is 69.7 Å². The summed E-state index contributed by atoms with van der Waals surface area (Å²) in [6.07, 6.45) is 0.0207. The molecule has 138 valence electrons. The third kappa shape index (κ3) is 5.02. The van der Waals surface area contributed by atoms with Crippen molar-refractivity contribution in [2.45, 2.75) is 26.2 Å². The summed E-state index contributed by atoms with van der Waals surface area (Å²) in [5.41, 5.74) is 0.725. The van der Waals surface area contributed by atoms with Crippen molar-refractivity contribution < 1.29 is 23.9 Å². The molecule has 1 heterocycles. The number of esters is 2. The van der Waals surface area contributed by atoms with Gasteiger partial charge in [0.15, 0.2) is 11.7 Å². The van der Waals surface area contributed by atoms with Gasteiger partial charge in [0.25, 0.3) is 0 Å². The molecule has 2 rings (SSSR count). The van der Waals surface area contributed by atoms with Crippen LogP contribution in [0.15, 0.2) is 47.8 Å². The van der Waals surface area contributed by atoms with E-state index in [1.54, 1.807) is 38.1 Å². The summed E-state index contributed by atoms with van der Waals surface area (Å²) in [5.74, 6) is -3.28. The monoisotopic (exact) mass is 374 g/mol. The Bertz CT molecular complexity index is 706. The maximum atomic E-state index is 12.7. The Labute approximate surface area is 156 Å². The summed E-state index contributed by atoms with van der Waals surface area (Å²) < 4.78 is 10.2. The van der Waals surface area contributed by atoms with Crippen LogP contribution in [0.2, 0.25) is 0 Å². The van der Waals surface area contributed by atoms with E-state index in [2.05, 4.69) is 0 Å². The number of hydrogen-bond acceptors (Lipinski definition) is 6. The van der Waals surface area contributed by atoms with Gasteiger partial charge in [-0.2, -0.15) is 0 Å². The average molecular weight is 374 g/mol. The minimum Gasteiger partial charge on any atom is -0.465 e. The standard InChI is InChI=1S/C20H22O5S/c1-3-24-19(22)18(20(23)25-4-2)15(14-9-6-5-7-10-14)13-16(21)17-11-8-12-26-17/h5-12,15,18H,3-4,13H2,1-2H3. The lowest BCUT2D eigenvalue weighted by atomic mass is 9.82. The van der Waals surface area contributed by atoms with Crippen LogP contribution in [0.3, 0.4) is 0 Å². The van der Waals surface area contributed by atoms with Gasteiger partial charge in [-0.05, 0) is 30.9 Å². The molecule has 26 heavy (non-hydrogen) atoms. The van der Waals surface area contributed by atoms with E-state index in [0.29, 0.717) is 4.88 Å². The van der Waals surface area contributed by atoms with E-state index in [-0.39, 0.29) is 25.4 Å². The van der Waals surface area contributed by atoms with Crippen molar-refractivity contribution in [3.63, 3.8) is 0 Å². The van der Waals surface area contributed by atoms with Gasteiger partial charge in [0, 0.05) is 12.3 Å². The number of ketones is 1. The number of rotatable bonds is 9. The normalized spacial score (nSPS) is 11.8. The summed E-state index contributed by atoms with van der Waals surface area (Å²) >= 11 is 1.34. The lowest BCUT2D eigenvalue weighted by Crippen LogP contribution is -2.34. The summed E-state index contributed by atoms with van der Waals surface area (Å²) in [6, 6.07) is 12.6. The summed E-state index contributed by atoms with van der Waals surface area (Å²) in [6.45, 7) is 3.65. The summed E-state index contributed by atoms with van der Waals surface area (Å²) in [5, 5.41) is 1.82. The van der Waals surface area contributed by atoms with E-state index in [0.717, 1.165) is 5.56 Å². The Morgan fingerprint density at radius 2 is 1.54 bits per heavy atom. The Kier molecular flexibility index (Phi) is 7.53. The fourth-order valence-electron chi connectivity index (χ4n) is 2.75. The van der Waals surface area contributed by atoms with Crippen LogP contribution in [0.4, 0.5) is 0 Å². The van der Waals surface area contributed by atoms with Gasteiger partial charge in [-0.1, -0.05) is 36.4 Å². The number of carbonyl (C=O) groups is 3. The molecule has 0 N–H and O–H groups in total. The molecule has 0 spiro atoms. The molecular weight excluding hydrogens is 352 g/mol. The van der Waals surface area contributed by atoms with Gasteiger partial charge in [0.1, 0.15) is 0 Å². The van der Waals surface area contributed by atoms with Crippen LogP contribution in [0.1, 0.15) is 41.4 Å². The zero-order chi connectivity index (χ0) is 18.9. The van der Waals surface area contributed by atoms with E-state index < -0.39 is 23.8 Å². The Morgan fingerprint density at radius 3 is 2.04 bits per heavy atom. The second-order valence-electron chi connectivity index (χ2n) is 5.60. The molecule has 6 heteroatoms. The predicted molar refractivity (Wildman–Crippen MR) is 99.2 cm³/mol. The first kappa shape index (κ1) is 19.8. The van der Waals surface area contributed by atoms with Gasteiger partial charge >= 0.3 is 11.9 Å². The number of Topliss-reactive ketones (excluding diaryl/α,β-unsaturated/α-hetero) is 1. The predicted octanol–water partition coefficient (Wildman–Crippen LogP) is 3.85. The van der Waals surface area contributed by atoms with Gasteiger partial charge in [-0.15, -0.1) is 11.3 Å². The van der Waals surface area contributed by atoms with Crippen molar-refractivity contribution in [2.75, 3.05) is 13.2 Å². The molecule has 2 aromatic rings. The van der Waals surface area contributed by atoms with E-state index in [1.807, 2.05) is 23.6 Å². The molecule has 0 fully saturated rings. The molecule has 0 amide bonds. The second kappa shape index (κ2) is 9.87. The van der Waals surface area contributed by atoms with Crippen molar-refractivity contribution in [1.82, 2.24) is 0 Å². The molecule has 0 aliphatic rings. The largest absolute Gasteiger partial charge is 0.465 e. The molecule has 0 radical (unpaired) electrons. The minimum atomic E-state index is -1.18. The SMILES string of the molecule is CCOC(=O)C(C(=O)OCC)C(CC(=O)c1cccs1)c1ccccc1. The number of thiophene rings is 1. The molecule has 1 aromatic carbocycles. The number of ether oxygens (including phenoxy) is 2. The zero-order valence-electron chi connectivity index (χ0n) is 14.8.